The van der Waals surface area contributed by atoms with E-state index in [1.807, 2.05) is 12.1 Å². The summed E-state index contributed by atoms with van der Waals surface area (Å²) >= 11 is 0. The van der Waals surface area contributed by atoms with Crippen molar-refractivity contribution < 1.29 is 5.11 Å². The highest BCUT2D eigenvalue weighted by Crippen LogP contribution is 2.09. The molecule has 0 bridgehead atoms. The summed E-state index contributed by atoms with van der Waals surface area (Å²) in [7, 11) is 0. The summed E-state index contributed by atoms with van der Waals surface area (Å²) in [5.74, 6) is 0. The van der Waals surface area contributed by atoms with Crippen LogP contribution in [0, 0.1) is 11.3 Å². The van der Waals surface area contributed by atoms with Crippen molar-refractivity contribution in [2.24, 2.45) is 5.73 Å². The van der Waals surface area contributed by atoms with E-state index in [-0.39, 0.29) is 6.54 Å². The van der Waals surface area contributed by atoms with Crippen LogP contribution < -0.4 is 5.73 Å². The molecule has 0 aliphatic rings. The van der Waals surface area contributed by atoms with E-state index >= 15 is 0 Å². The van der Waals surface area contributed by atoms with Crippen LogP contribution in [0.2, 0.25) is 0 Å². The van der Waals surface area contributed by atoms with Crippen molar-refractivity contribution in [2.75, 3.05) is 6.54 Å². The summed E-state index contributed by atoms with van der Waals surface area (Å²) in [4.78, 5) is 0. The van der Waals surface area contributed by atoms with E-state index in [0.29, 0.717) is 12.0 Å². The topological polar surface area (TPSA) is 70.0 Å². The maximum absolute atomic E-state index is 9.30. The monoisotopic (exact) mass is 176 g/mol. The Morgan fingerprint density at radius 3 is 2.77 bits per heavy atom. The Hall–Kier alpha value is -1.37. The lowest BCUT2D eigenvalue weighted by molar-refractivity contribution is 0.183. The fraction of sp³-hybridized carbons (Fsp3) is 0.300. The molecular formula is C10H12N2O. The lowest BCUT2D eigenvalue weighted by Crippen LogP contribution is -2.22. The van der Waals surface area contributed by atoms with Gasteiger partial charge in [0, 0.05) is 13.0 Å². The van der Waals surface area contributed by atoms with Crippen molar-refractivity contribution in [2.45, 2.75) is 12.5 Å². The Bertz CT molecular complexity index is 317. The number of aliphatic hydroxyl groups excluding tert-OH is 1. The molecule has 0 fully saturated rings. The lowest BCUT2D eigenvalue weighted by Gasteiger charge is -2.08. The van der Waals surface area contributed by atoms with Crippen molar-refractivity contribution >= 4 is 0 Å². The highest BCUT2D eigenvalue weighted by Gasteiger charge is 2.06. The molecule has 0 aliphatic heterocycles. The molecule has 0 saturated carbocycles. The Morgan fingerprint density at radius 1 is 1.46 bits per heavy atom. The molecule has 13 heavy (non-hydrogen) atoms. The molecule has 3 N–H and O–H groups in total. The van der Waals surface area contributed by atoms with Gasteiger partial charge in [0.1, 0.15) is 0 Å². The van der Waals surface area contributed by atoms with Gasteiger partial charge in [0.2, 0.25) is 0 Å². The van der Waals surface area contributed by atoms with Gasteiger partial charge in [-0.3, -0.25) is 0 Å². The second-order valence-electron chi connectivity index (χ2n) is 2.86. The van der Waals surface area contributed by atoms with Crippen LogP contribution in [0.4, 0.5) is 0 Å². The van der Waals surface area contributed by atoms with E-state index in [4.69, 9.17) is 11.0 Å². The maximum Gasteiger partial charge on any atom is 0.0994 e. The first-order chi connectivity index (χ1) is 6.27. The number of nitrogens with two attached hydrogens (primary N) is 1. The molecule has 1 unspecified atom stereocenters. The number of aliphatic hydroxyl groups is 1. The van der Waals surface area contributed by atoms with Crippen molar-refractivity contribution in [3.63, 3.8) is 0 Å². The van der Waals surface area contributed by atoms with Crippen LogP contribution >= 0.6 is 0 Å². The van der Waals surface area contributed by atoms with Gasteiger partial charge in [-0.2, -0.15) is 5.26 Å². The van der Waals surface area contributed by atoms with Gasteiger partial charge in [0.15, 0.2) is 0 Å². The minimum Gasteiger partial charge on any atom is -0.391 e. The number of nitriles is 1. The van der Waals surface area contributed by atoms with E-state index in [0.717, 1.165) is 5.56 Å². The third-order valence-corrected chi connectivity index (χ3v) is 1.87. The van der Waals surface area contributed by atoms with Crippen LogP contribution in [0.3, 0.4) is 0 Å². The van der Waals surface area contributed by atoms with Crippen LogP contribution in [0.5, 0.6) is 0 Å². The number of nitrogens with zero attached hydrogens (tertiary/aromatic N) is 1. The first-order valence-electron chi connectivity index (χ1n) is 4.14. The molecule has 0 aliphatic carbocycles. The third-order valence-electron chi connectivity index (χ3n) is 1.87. The average Bonchev–Trinajstić information content (AvgIpc) is 2.18. The summed E-state index contributed by atoms with van der Waals surface area (Å²) in [6.45, 7) is 0.222. The molecule has 1 aromatic carbocycles. The zero-order chi connectivity index (χ0) is 9.68. The van der Waals surface area contributed by atoms with Gasteiger partial charge in [-0.1, -0.05) is 18.2 Å². The first kappa shape index (κ1) is 9.72. The number of hydrogen-bond acceptors (Lipinski definition) is 3. The Balaban J connectivity index is 2.82. The smallest absolute Gasteiger partial charge is 0.0994 e. The molecule has 3 heteroatoms. The van der Waals surface area contributed by atoms with Crippen molar-refractivity contribution in [1.29, 1.82) is 5.26 Å². The van der Waals surface area contributed by atoms with E-state index in [1.165, 1.54) is 0 Å². The van der Waals surface area contributed by atoms with E-state index in [2.05, 4.69) is 6.07 Å². The molecule has 0 spiro atoms. The standard InChI is InChI=1S/C10H12N2O/c11-6-9-4-2-1-3-8(9)5-10(13)7-12/h1-4,10,13H,5,7,12H2. The number of benzene rings is 1. The fourth-order valence-corrected chi connectivity index (χ4v) is 1.14. The van der Waals surface area contributed by atoms with Crippen LogP contribution in [0.25, 0.3) is 0 Å². The number of rotatable bonds is 3. The molecule has 68 valence electrons. The largest absolute Gasteiger partial charge is 0.391 e. The molecule has 1 aromatic rings. The average molecular weight is 176 g/mol. The van der Waals surface area contributed by atoms with Gasteiger partial charge in [0.25, 0.3) is 0 Å². The molecular weight excluding hydrogens is 164 g/mol. The van der Waals surface area contributed by atoms with Gasteiger partial charge >= 0.3 is 0 Å². The van der Waals surface area contributed by atoms with Gasteiger partial charge in [-0.15, -0.1) is 0 Å². The molecule has 0 heterocycles. The summed E-state index contributed by atoms with van der Waals surface area (Å²) < 4.78 is 0. The van der Waals surface area contributed by atoms with Crippen LogP contribution in [-0.2, 0) is 6.42 Å². The molecule has 1 rings (SSSR count). The predicted molar refractivity (Wildman–Crippen MR) is 49.9 cm³/mol. The predicted octanol–water partition coefficient (Wildman–Crippen LogP) is 0.420. The Labute approximate surface area is 77.4 Å². The SMILES string of the molecule is N#Cc1ccccc1CC(O)CN. The van der Waals surface area contributed by atoms with E-state index in [9.17, 15) is 5.11 Å². The summed E-state index contributed by atoms with van der Waals surface area (Å²) in [6, 6.07) is 9.29. The molecule has 1 atom stereocenters. The van der Waals surface area contributed by atoms with Gasteiger partial charge in [-0.05, 0) is 11.6 Å². The number of hydrogen-bond donors (Lipinski definition) is 2. The lowest BCUT2D eigenvalue weighted by atomic mass is 10.0. The quantitative estimate of drug-likeness (QED) is 0.701. The summed E-state index contributed by atoms with van der Waals surface area (Å²) in [5.41, 5.74) is 6.73. The molecule has 3 nitrogen and oxygen atoms in total. The van der Waals surface area contributed by atoms with E-state index < -0.39 is 6.10 Å². The molecule has 0 saturated heterocycles. The summed E-state index contributed by atoms with van der Waals surface area (Å²) in [6.07, 6.45) is -0.116. The van der Waals surface area contributed by atoms with Crippen LogP contribution in [-0.4, -0.2) is 17.8 Å². The minimum absolute atomic E-state index is 0.222. The normalized spacial score (nSPS) is 12.1. The zero-order valence-corrected chi connectivity index (χ0v) is 7.27. The van der Waals surface area contributed by atoms with Crippen LogP contribution in [0.1, 0.15) is 11.1 Å². The Kier molecular flexibility index (Phi) is 3.44. The molecule has 0 radical (unpaired) electrons. The van der Waals surface area contributed by atoms with Gasteiger partial charge in [0.05, 0.1) is 17.7 Å². The van der Waals surface area contributed by atoms with Crippen molar-refractivity contribution in [3.05, 3.63) is 35.4 Å². The highest BCUT2D eigenvalue weighted by molar-refractivity contribution is 5.37. The zero-order valence-electron chi connectivity index (χ0n) is 7.27. The Morgan fingerprint density at radius 2 is 2.15 bits per heavy atom. The highest BCUT2D eigenvalue weighted by atomic mass is 16.3. The molecule has 0 amide bonds. The maximum atomic E-state index is 9.30. The minimum atomic E-state index is -0.561. The van der Waals surface area contributed by atoms with Crippen molar-refractivity contribution in [1.82, 2.24) is 0 Å². The summed E-state index contributed by atoms with van der Waals surface area (Å²) in [5, 5.41) is 18.0. The second kappa shape index (κ2) is 4.61. The first-order valence-corrected chi connectivity index (χ1v) is 4.14. The third kappa shape index (κ3) is 2.55. The second-order valence-corrected chi connectivity index (χ2v) is 2.86. The molecule has 0 aromatic heterocycles. The van der Waals surface area contributed by atoms with Crippen LogP contribution in [0.15, 0.2) is 24.3 Å². The van der Waals surface area contributed by atoms with E-state index in [1.54, 1.807) is 12.1 Å². The van der Waals surface area contributed by atoms with Gasteiger partial charge in [-0.25, -0.2) is 0 Å². The fourth-order valence-electron chi connectivity index (χ4n) is 1.14. The van der Waals surface area contributed by atoms with Gasteiger partial charge < -0.3 is 10.8 Å². The van der Waals surface area contributed by atoms with Crippen molar-refractivity contribution in [3.8, 4) is 6.07 Å².